The van der Waals surface area contributed by atoms with Crippen molar-refractivity contribution in [1.82, 2.24) is 0 Å². The standard InChI is InChI=1S/C14H20F3N.C3H8.CH2O/c1-4-9(2)7-13(18)12-8-11(14(15,16)17)6-5-10(12)3;1-3-2;1-2/h5-6,8-9,13H,4,7,18H2,1-3H3;3H2,1-2H3;1H2. The fourth-order valence-corrected chi connectivity index (χ4v) is 1.94. The predicted molar refractivity (Wildman–Crippen MR) is 90.3 cm³/mol. The highest BCUT2D eigenvalue weighted by molar-refractivity contribution is 5.34. The number of halogens is 3. The van der Waals surface area contributed by atoms with Crippen LogP contribution in [0.15, 0.2) is 18.2 Å². The normalized spacial score (nSPS) is 13.1. The minimum atomic E-state index is -4.31. The summed E-state index contributed by atoms with van der Waals surface area (Å²) in [6.07, 6.45) is -1.37. The van der Waals surface area contributed by atoms with Crippen LogP contribution in [-0.4, -0.2) is 6.79 Å². The maximum atomic E-state index is 12.7. The van der Waals surface area contributed by atoms with Crippen molar-refractivity contribution in [3.8, 4) is 0 Å². The van der Waals surface area contributed by atoms with Gasteiger partial charge in [0.1, 0.15) is 6.79 Å². The van der Waals surface area contributed by atoms with E-state index in [0.717, 1.165) is 18.1 Å². The fourth-order valence-electron chi connectivity index (χ4n) is 1.94. The minimum Gasteiger partial charge on any atom is -0.324 e. The fraction of sp³-hybridized carbons (Fsp3) is 0.611. The van der Waals surface area contributed by atoms with Crippen LogP contribution in [0.4, 0.5) is 13.2 Å². The lowest BCUT2D eigenvalue weighted by atomic mass is 9.91. The first-order chi connectivity index (χ1) is 10.7. The second kappa shape index (κ2) is 12.1. The molecule has 23 heavy (non-hydrogen) atoms. The molecule has 0 aliphatic heterocycles. The van der Waals surface area contributed by atoms with Gasteiger partial charge < -0.3 is 10.5 Å². The monoisotopic (exact) mass is 333 g/mol. The molecule has 1 aromatic carbocycles. The van der Waals surface area contributed by atoms with Crippen molar-refractivity contribution in [2.45, 2.75) is 66.1 Å². The van der Waals surface area contributed by atoms with Gasteiger partial charge in [-0.2, -0.15) is 13.2 Å². The van der Waals surface area contributed by atoms with Gasteiger partial charge in [0, 0.05) is 6.04 Å². The zero-order valence-corrected chi connectivity index (χ0v) is 14.8. The first-order valence-corrected chi connectivity index (χ1v) is 7.89. The third kappa shape index (κ3) is 9.39. The van der Waals surface area contributed by atoms with Gasteiger partial charge in [-0.1, -0.05) is 46.6 Å². The first-order valence-electron chi connectivity index (χ1n) is 7.89. The maximum absolute atomic E-state index is 12.7. The summed E-state index contributed by atoms with van der Waals surface area (Å²) in [7, 11) is 0. The Kier molecular flexibility index (Phi) is 12.6. The van der Waals surface area contributed by atoms with Crippen LogP contribution in [0.5, 0.6) is 0 Å². The third-order valence-electron chi connectivity index (χ3n) is 3.36. The molecule has 2 nitrogen and oxygen atoms in total. The molecule has 0 amide bonds. The zero-order valence-electron chi connectivity index (χ0n) is 14.8. The summed E-state index contributed by atoms with van der Waals surface area (Å²) >= 11 is 0. The molecule has 2 atom stereocenters. The maximum Gasteiger partial charge on any atom is 0.416 e. The highest BCUT2D eigenvalue weighted by atomic mass is 19.4. The lowest BCUT2D eigenvalue weighted by Crippen LogP contribution is -2.16. The molecule has 5 heteroatoms. The number of aryl methyl sites for hydroxylation is 1. The third-order valence-corrected chi connectivity index (χ3v) is 3.36. The molecule has 0 saturated heterocycles. The molecule has 0 saturated carbocycles. The Hall–Kier alpha value is -1.36. The Labute approximate surface area is 138 Å². The molecule has 0 spiro atoms. The van der Waals surface area contributed by atoms with Gasteiger partial charge in [0.15, 0.2) is 0 Å². The Morgan fingerprint density at radius 2 is 1.65 bits per heavy atom. The quantitative estimate of drug-likeness (QED) is 0.770. The molecule has 0 aliphatic carbocycles. The van der Waals surface area contributed by atoms with Gasteiger partial charge in [-0.05, 0) is 42.5 Å². The first kappa shape index (κ1) is 23.9. The van der Waals surface area contributed by atoms with Crippen molar-refractivity contribution in [2.24, 2.45) is 11.7 Å². The van der Waals surface area contributed by atoms with Gasteiger partial charge in [-0.25, -0.2) is 0 Å². The summed E-state index contributed by atoms with van der Waals surface area (Å²) < 4.78 is 38.0. The molecular formula is C18H30F3NO. The number of nitrogens with two attached hydrogens (primary N) is 1. The Balaban J connectivity index is 0. The van der Waals surface area contributed by atoms with Crippen molar-refractivity contribution in [3.05, 3.63) is 34.9 Å². The lowest BCUT2D eigenvalue weighted by Gasteiger charge is -2.19. The molecule has 0 radical (unpaired) electrons. The molecule has 0 aromatic heterocycles. The van der Waals surface area contributed by atoms with E-state index >= 15 is 0 Å². The second-order valence-electron chi connectivity index (χ2n) is 5.63. The summed E-state index contributed by atoms with van der Waals surface area (Å²) in [4.78, 5) is 8.00. The molecule has 1 rings (SSSR count). The summed E-state index contributed by atoms with van der Waals surface area (Å²) in [6, 6.07) is 3.45. The Bertz CT molecular complexity index is 433. The number of rotatable bonds is 4. The van der Waals surface area contributed by atoms with Crippen LogP contribution in [0.25, 0.3) is 0 Å². The number of carbonyl (C=O) groups is 1. The lowest BCUT2D eigenvalue weighted by molar-refractivity contribution is -0.137. The Morgan fingerprint density at radius 1 is 1.17 bits per heavy atom. The summed E-state index contributed by atoms with van der Waals surface area (Å²) in [5.41, 5.74) is 6.81. The average molecular weight is 333 g/mol. The van der Waals surface area contributed by atoms with Crippen molar-refractivity contribution < 1.29 is 18.0 Å². The van der Waals surface area contributed by atoms with E-state index in [9.17, 15) is 13.2 Å². The summed E-state index contributed by atoms with van der Waals surface area (Å²) in [5.74, 6) is 0.411. The molecule has 0 fully saturated rings. The SMILES string of the molecule is C=O.CCC.CCC(C)CC(N)c1cc(C(F)(F)F)ccc1C. The topological polar surface area (TPSA) is 43.1 Å². The van der Waals surface area contributed by atoms with Gasteiger partial charge in [-0.3, -0.25) is 0 Å². The predicted octanol–water partition coefficient (Wildman–Crippen LogP) is 5.68. The molecule has 134 valence electrons. The van der Waals surface area contributed by atoms with Crippen molar-refractivity contribution in [3.63, 3.8) is 0 Å². The van der Waals surface area contributed by atoms with E-state index in [2.05, 4.69) is 27.7 Å². The average Bonchev–Trinajstić information content (AvgIpc) is 2.49. The van der Waals surface area contributed by atoms with Crippen LogP contribution in [-0.2, 0) is 11.0 Å². The van der Waals surface area contributed by atoms with Crippen LogP contribution in [0.2, 0.25) is 0 Å². The smallest absolute Gasteiger partial charge is 0.324 e. The zero-order chi connectivity index (χ0) is 18.6. The molecule has 0 bridgehead atoms. The number of hydrogen-bond donors (Lipinski definition) is 1. The summed E-state index contributed by atoms with van der Waals surface area (Å²) in [6.45, 7) is 12.2. The van der Waals surface area contributed by atoms with E-state index < -0.39 is 11.7 Å². The molecule has 1 aromatic rings. The van der Waals surface area contributed by atoms with Crippen LogP contribution < -0.4 is 5.73 Å². The van der Waals surface area contributed by atoms with E-state index in [4.69, 9.17) is 10.5 Å². The van der Waals surface area contributed by atoms with E-state index in [-0.39, 0.29) is 6.04 Å². The van der Waals surface area contributed by atoms with Crippen LogP contribution >= 0.6 is 0 Å². The highest BCUT2D eigenvalue weighted by Crippen LogP contribution is 2.33. The van der Waals surface area contributed by atoms with Crippen LogP contribution in [0, 0.1) is 12.8 Å². The molecular weight excluding hydrogens is 303 g/mol. The second-order valence-corrected chi connectivity index (χ2v) is 5.63. The van der Waals surface area contributed by atoms with Gasteiger partial charge in [0.25, 0.3) is 0 Å². The number of carbonyl (C=O) groups excluding carboxylic acids is 1. The van der Waals surface area contributed by atoms with Gasteiger partial charge in [0.05, 0.1) is 5.56 Å². The van der Waals surface area contributed by atoms with Gasteiger partial charge in [-0.15, -0.1) is 0 Å². The van der Waals surface area contributed by atoms with Gasteiger partial charge >= 0.3 is 6.18 Å². The van der Waals surface area contributed by atoms with E-state index in [1.807, 2.05) is 6.79 Å². The minimum absolute atomic E-state index is 0.331. The van der Waals surface area contributed by atoms with E-state index in [0.29, 0.717) is 17.9 Å². The van der Waals surface area contributed by atoms with E-state index in [1.54, 1.807) is 6.92 Å². The molecule has 2 unspecified atom stereocenters. The van der Waals surface area contributed by atoms with Crippen LogP contribution in [0.3, 0.4) is 0 Å². The van der Waals surface area contributed by atoms with Gasteiger partial charge in [0.2, 0.25) is 0 Å². The largest absolute Gasteiger partial charge is 0.416 e. The Morgan fingerprint density at radius 3 is 2.04 bits per heavy atom. The molecule has 2 N–H and O–H groups in total. The van der Waals surface area contributed by atoms with Crippen LogP contribution in [0.1, 0.15) is 69.7 Å². The number of benzene rings is 1. The number of hydrogen-bond acceptors (Lipinski definition) is 2. The number of alkyl halides is 3. The molecule has 0 heterocycles. The van der Waals surface area contributed by atoms with E-state index in [1.165, 1.54) is 18.6 Å². The molecule has 0 aliphatic rings. The highest BCUT2D eigenvalue weighted by Gasteiger charge is 2.31. The van der Waals surface area contributed by atoms with Crippen molar-refractivity contribution in [2.75, 3.05) is 0 Å². The summed E-state index contributed by atoms with van der Waals surface area (Å²) in [5, 5.41) is 0. The van der Waals surface area contributed by atoms with Crippen molar-refractivity contribution in [1.29, 1.82) is 0 Å². The van der Waals surface area contributed by atoms with Crippen molar-refractivity contribution >= 4 is 6.79 Å².